The molecule has 2 aromatic rings. The summed E-state index contributed by atoms with van der Waals surface area (Å²) >= 11 is 1.46. The van der Waals surface area contributed by atoms with Gasteiger partial charge in [0.15, 0.2) is 5.13 Å². The van der Waals surface area contributed by atoms with Crippen molar-refractivity contribution in [3.8, 4) is 0 Å². The summed E-state index contributed by atoms with van der Waals surface area (Å²) in [5.41, 5.74) is 1.44. The standard InChI is InChI=1S/C15H19N3O2S/c1-2-10-4-5-11-12(8-10)21-14(17-11)18-13(19)16-9-15(20)6-3-7-15/h4-5,8,20H,2-3,6-7,9H2,1H3,(H2,16,17,18,19). The van der Waals surface area contributed by atoms with Crippen LogP contribution >= 0.6 is 11.3 Å². The molecule has 0 radical (unpaired) electrons. The van der Waals surface area contributed by atoms with E-state index in [1.807, 2.05) is 6.07 Å². The Bertz CT molecular complexity index is 664. The zero-order valence-corrected chi connectivity index (χ0v) is 12.8. The maximum Gasteiger partial charge on any atom is 0.321 e. The highest BCUT2D eigenvalue weighted by Crippen LogP contribution is 2.30. The van der Waals surface area contributed by atoms with Gasteiger partial charge < -0.3 is 10.4 Å². The van der Waals surface area contributed by atoms with Gasteiger partial charge in [-0.15, -0.1) is 0 Å². The van der Waals surface area contributed by atoms with Crippen molar-refractivity contribution >= 4 is 32.7 Å². The molecule has 1 saturated carbocycles. The molecule has 3 N–H and O–H groups in total. The number of aryl methyl sites for hydroxylation is 1. The van der Waals surface area contributed by atoms with Gasteiger partial charge in [-0.05, 0) is 43.4 Å². The summed E-state index contributed by atoms with van der Waals surface area (Å²) in [4.78, 5) is 16.2. The molecule has 5 nitrogen and oxygen atoms in total. The quantitative estimate of drug-likeness (QED) is 0.813. The Morgan fingerprint density at radius 1 is 1.48 bits per heavy atom. The molecule has 1 heterocycles. The third-order valence-electron chi connectivity index (χ3n) is 3.94. The molecule has 0 saturated heterocycles. The summed E-state index contributed by atoms with van der Waals surface area (Å²) < 4.78 is 1.07. The van der Waals surface area contributed by atoms with Crippen molar-refractivity contribution in [1.82, 2.24) is 10.3 Å². The predicted octanol–water partition coefficient (Wildman–Crippen LogP) is 2.90. The van der Waals surface area contributed by atoms with E-state index in [4.69, 9.17) is 0 Å². The molecule has 112 valence electrons. The zero-order valence-electron chi connectivity index (χ0n) is 12.0. The topological polar surface area (TPSA) is 74.2 Å². The number of aliphatic hydroxyl groups is 1. The second kappa shape index (κ2) is 5.61. The van der Waals surface area contributed by atoms with Crippen LogP contribution in [0, 0.1) is 0 Å². The van der Waals surface area contributed by atoms with Crippen LogP contribution in [0.4, 0.5) is 9.93 Å². The van der Waals surface area contributed by atoms with E-state index in [1.165, 1.54) is 16.9 Å². The Labute approximate surface area is 127 Å². The summed E-state index contributed by atoms with van der Waals surface area (Å²) in [5.74, 6) is 0. The van der Waals surface area contributed by atoms with Crippen molar-refractivity contribution in [1.29, 1.82) is 0 Å². The number of anilines is 1. The smallest absolute Gasteiger partial charge is 0.321 e. The van der Waals surface area contributed by atoms with E-state index in [0.29, 0.717) is 11.7 Å². The summed E-state index contributed by atoms with van der Waals surface area (Å²) in [5, 5.41) is 16.0. The lowest BCUT2D eigenvalue weighted by atomic mass is 9.80. The van der Waals surface area contributed by atoms with Gasteiger partial charge in [-0.25, -0.2) is 9.78 Å². The largest absolute Gasteiger partial charge is 0.388 e. The van der Waals surface area contributed by atoms with Crippen LogP contribution in [-0.4, -0.2) is 28.3 Å². The Hall–Kier alpha value is -1.66. The number of hydrogen-bond donors (Lipinski definition) is 3. The maximum atomic E-state index is 11.8. The normalized spacial score (nSPS) is 16.5. The van der Waals surface area contributed by atoms with E-state index < -0.39 is 5.60 Å². The van der Waals surface area contributed by atoms with Gasteiger partial charge in [0.1, 0.15) is 0 Å². The number of hydrogen-bond acceptors (Lipinski definition) is 4. The van der Waals surface area contributed by atoms with Gasteiger partial charge in [0, 0.05) is 6.54 Å². The van der Waals surface area contributed by atoms with Gasteiger partial charge in [-0.3, -0.25) is 5.32 Å². The second-order valence-electron chi connectivity index (χ2n) is 5.56. The maximum absolute atomic E-state index is 11.8. The van der Waals surface area contributed by atoms with Crippen molar-refractivity contribution in [2.45, 2.75) is 38.2 Å². The molecule has 1 fully saturated rings. The molecule has 0 bridgehead atoms. The minimum Gasteiger partial charge on any atom is -0.388 e. The van der Waals surface area contributed by atoms with Crippen LogP contribution in [0.2, 0.25) is 0 Å². The van der Waals surface area contributed by atoms with Crippen molar-refractivity contribution < 1.29 is 9.90 Å². The van der Waals surface area contributed by atoms with E-state index in [-0.39, 0.29) is 6.03 Å². The molecule has 2 amide bonds. The van der Waals surface area contributed by atoms with Crippen LogP contribution < -0.4 is 10.6 Å². The van der Waals surface area contributed by atoms with Gasteiger partial charge >= 0.3 is 6.03 Å². The van der Waals surface area contributed by atoms with E-state index in [1.54, 1.807) is 0 Å². The van der Waals surface area contributed by atoms with E-state index in [2.05, 4.69) is 34.7 Å². The van der Waals surface area contributed by atoms with E-state index in [0.717, 1.165) is 35.9 Å². The van der Waals surface area contributed by atoms with Crippen molar-refractivity contribution in [3.05, 3.63) is 23.8 Å². The van der Waals surface area contributed by atoms with Gasteiger partial charge in [0.2, 0.25) is 0 Å². The first-order valence-corrected chi connectivity index (χ1v) is 8.06. The summed E-state index contributed by atoms with van der Waals surface area (Å²) in [6.45, 7) is 2.41. The molecule has 0 aliphatic heterocycles. The van der Waals surface area contributed by atoms with E-state index in [9.17, 15) is 9.90 Å². The Balaban J connectivity index is 1.62. The molecule has 0 spiro atoms. The minimum absolute atomic E-state index is 0.295. The number of fused-ring (bicyclic) bond motifs is 1. The fourth-order valence-corrected chi connectivity index (χ4v) is 3.31. The van der Waals surface area contributed by atoms with Crippen LogP contribution in [-0.2, 0) is 6.42 Å². The molecule has 6 heteroatoms. The number of urea groups is 1. The second-order valence-corrected chi connectivity index (χ2v) is 6.59. The number of nitrogens with one attached hydrogen (secondary N) is 2. The van der Waals surface area contributed by atoms with Gasteiger partial charge in [-0.2, -0.15) is 0 Å². The Morgan fingerprint density at radius 3 is 2.95 bits per heavy atom. The lowest BCUT2D eigenvalue weighted by molar-refractivity contribution is -0.0287. The number of nitrogens with zero attached hydrogens (tertiary/aromatic N) is 1. The number of aromatic nitrogens is 1. The number of carbonyl (C=O) groups is 1. The highest BCUT2D eigenvalue weighted by molar-refractivity contribution is 7.22. The Kier molecular flexibility index (Phi) is 3.82. The molecule has 1 aromatic heterocycles. The van der Waals surface area contributed by atoms with Crippen LogP contribution in [0.25, 0.3) is 10.2 Å². The molecular weight excluding hydrogens is 286 g/mol. The molecule has 1 aliphatic carbocycles. The molecule has 0 atom stereocenters. The lowest BCUT2D eigenvalue weighted by Crippen LogP contribution is -2.48. The van der Waals surface area contributed by atoms with Gasteiger partial charge in [-0.1, -0.05) is 24.3 Å². The number of carbonyl (C=O) groups excluding carboxylic acids is 1. The van der Waals surface area contributed by atoms with Crippen molar-refractivity contribution in [2.24, 2.45) is 0 Å². The first kappa shape index (κ1) is 14.3. The molecule has 1 aliphatic rings. The molecular formula is C15H19N3O2S. The first-order chi connectivity index (χ1) is 10.1. The minimum atomic E-state index is -0.707. The van der Waals surface area contributed by atoms with Gasteiger partial charge in [0.25, 0.3) is 0 Å². The summed E-state index contributed by atoms with van der Waals surface area (Å²) in [7, 11) is 0. The lowest BCUT2D eigenvalue weighted by Gasteiger charge is -2.36. The zero-order chi connectivity index (χ0) is 14.9. The third-order valence-corrected chi connectivity index (χ3v) is 4.88. The molecule has 1 aromatic carbocycles. The van der Waals surface area contributed by atoms with Crippen molar-refractivity contribution in [2.75, 3.05) is 11.9 Å². The molecule has 0 unspecified atom stereocenters. The van der Waals surface area contributed by atoms with E-state index >= 15 is 0 Å². The number of rotatable bonds is 4. The molecule has 21 heavy (non-hydrogen) atoms. The number of amides is 2. The van der Waals surface area contributed by atoms with Crippen LogP contribution in [0.3, 0.4) is 0 Å². The highest BCUT2D eigenvalue weighted by atomic mass is 32.1. The van der Waals surface area contributed by atoms with Crippen LogP contribution in [0.5, 0.6) is 0 Å². The fourth-order valence-electron chi connectivity index (χ4n) is 2.39. The summed E-state index contributed by atoms with van der Waals surface area (Å²) in [6.07, 6.45) is 3.52. The van der Waals surface area contributed by atoms with Crippen molar-refractivity contribution in [3.63, 3.8) is 0 Å². The highest BCUT2D eigenvalue weighted by Gasteiger charge is 2.34. The third kappa shape index (κ3) is 3.16. The Morgan fingerprint density at radius 2 is 2.29 bits per heavy atom. The van der Waals surface area contributed by atoms with Crippen LogP contribution in [0.15, 0.2) is 18.2 Å². The average molecular weight is 305 g/mol. The number of thiazole rings is 1. The predicted molar refractivity (Wildman–Crippen MR) is 84.8 cm³/mol. The fraction of sp³-hybridized carbons (Fsp3) is 0.467. The van der Waals surface area contributed by atoms with Gasteiger partial charge in [0.05, 0.1) is 15.8 Å². The SMILES string of the molecule is CCc1ccc2nc(NC(=O)NCC3(O)CCC3)sc2c1. The summed E-state index contributed by atoms with van der Waals surface area (Å²) in [6, 6.07) is 5.82. The first-order valence-electron chi connectivity index (χ1n) is 7.25. The van der Waals surface area contributed by atoms with Crippen LogP contribution in [0.1, 0.15) is 31.7 Å². The number of benzene rings is 1. The average Bonchev–Trinajstić information content (AvgIpc) is 2.84. The molecule has 3 rings (SSSR count). The monoisotopic (exact) mass is 305 g/mol.